The van der Waals surface area contributed by atoms with Crippen molar-refractivity contribution in [2.24, 2.45) is 14.1 Å². The summed E-state index contributed by atoms with van der Waals surface area (Å²) in [4.78, 5) is 17.1. The molecule has 0 aliphatic carbocycles. The number of para-hydroxylation sites is 2. The highest BCUT2D eigenvalue weighted by Crippen LogP contribution is 2.17. The summed E-state index contributed by atoms with van der Waals surface area (Å²) in [5.41, 5.74) is 3.51. The largest absolute Gasteiger partial charge is 0.331 e. The monoisotopic (exact) mass is 282 g/mol. The van der Waals surface area contributed by atoms with Crippen LogP contribution in [0.25, 0.3) is 11.0 Å². The zero-order valence-electron chi connectivity index (χ0n) is 12.5. The predicted molar refractivity (Wildman–Crippen MR) is 81.3 cm³/mol. The quantitative estimate of drug-likeness (QED) is 0.690. The average molecular weight is 282 g/mol. The lowest BCUT2D eigenvalue weighted by atomic mass is 10.1. The Labute approximate surface area is 123 Å². The Balaban J connectivity index is 1.94. The highest BCUT2D eigenvalue weighted by atomic mass is 16.1. The van der Waals surface area contributed by atoms with Gasteiger partial charge in [0.2, 0.25) is 0 Å². The van der Waals surface area contributed by atoms with E-state index in [1.807, 2.05) is 49.9 Å². The summed E-state index contributed by atoms with van der Waals surface area (Å²) in [6.07, 6.45) is 2.85. The van der Waals surface area contributed by atoms with Crippen molar-refractivity contribution >= 4 is 16.8 Å². The Bertz CT molecular complexity index is 813. The molecule has 5 nitrogen and oxygen atoms in total. The van der Waals surface area contributed by atoms with E-state index in [1.54, 1.807) is 10.9 Å². The molecule has 0 atom stereocenters. The zero-order chi connectivity index (χ0) is 15.0. The van der Waals surface area contributed by atoms with Crippen molar-refractivity contribution in [2.75, 3.05) is 0 Å². The third-order valence-corrected chi connectivity index (χ3v) is 3.74. The van der Waals surface area contributed by atoms with Gasteiger partial charge in [0.05, 0.1) is 28.7 Å². The number of carbonyl (C=O) groups excluding carboxylic acids is 1. The van der Waals surface area contributed by atoms with Gasteiger partial charge >= 0.3 is 0 Å². The fraction of sp³-hybridized carbons (Fsp3) is 0.312. The molecule has 108 valence electrons. The number of aromatic nitrogens is 4. The van der Waals surface area contributed by atoms with E-state index >= 15 is 0 Å². The first-order chi connectivity index (χ1) is 10.1. The SMILES string of the molecule is CCc1nn(C)cc1C(=O)Cc1nc2ccccc2n1C. The molecule has 0 fully saturated rings. The molecular weight excluding hydrogens is 264 g/mol. The molecule has 0 bridgehead atoms. The van der Waals surface area contributed by atoms with E-state index in [4.69, 9.17) is 0 Å². The molecule has 5 heteroatoms. The van der Waals surface area contributed by atoms with E-state index in [0.29, 0.717) is 12.0 Å². The van der Waals surface area contributed by atoms with Crippen LogP contribution in [0.5, 0.6) is 0 Å². The Hall–Kier alpha value is -2.43. The Morgan fingerprint density at radius 2 is 2.00 bits per heavy atom. The number of aryl methyl sites for hydroxylation is 3. The van der Waals surface area contributed by atoms with Crippen molar-refractivity contribution in [1.82, 2.24) is 19.3 Å². The minimum atomic E-state index is 0.0679. The van der Waals surface area contributed by atoms with Gasteiger partial charge in [0, 0.05) is 20.3 Å². The van der Waals surface area contributed by atoms with E-state index in [-0.39, 0.29) is 5.78 Å². The number of imidazole rings is 1. The minimum Gasteiger partial charge on any atom is -0.331 e. The van der Waals surface area contributed by atoms with Crippen LogP contribution in [0.2, 0.25) is 0 Å². The number of Topliss-reactive ketones (excluding diaryl/α,β-unsaturated/α-hetero) is 1. The Morgan fingerprint density at radius 1 is 1.24 bits per heavy atom. The molecular formula is C16H18N4O. The first-order valence-electron chi connectivity index (χ1n) is 7.06. The molecule has 2 aromatic heterocycles. The topological polar surface area (TPSA) is 52.7 Å². The van der Waals surface area contributed by atoms with Crippen molar-refractivity contribution in [3.8, 4) is 0 Å². The van der Waals surface area contributed by atoms with Gasteiger partial charge in [0.25, 0.3) is 0 Å². The Kier molecular flexibility index (Phi) is 3.33. The van der Waals surface area contributed by atoms with Gasteiger partial charge in [-0.15, -0.1) is 0 Å². The van der Waals surface area contributed by atoms with Crippen molar-refractivity contribution in [3.05, 3.63) is 47.5 Å². The molecule has 3 rings (SSSR count). The fourth-order valence-electron chi connectivity index (χ4n) is 2.62. The molecule has 21 heavy (non-hydrogen) atoms. The molecule has 1 aromatic carbocycles. The molecule has 0 saturated heterocycles. The van der Waals surface area contributed by atoms with Gasteiger partial charge in [-0.25, -0.2) is 4.98 Å². The van der Waals surface area contributed by atoms with Crippen LogP contribution >= 0.6 is 0 Å². The van der Waals surface area contributed by atoms with E-state index in [0.717, 1.165) is 29.0 Å². The number of ketones is 1. The highest BCUT2D eigenvalue weighted by Gasteiger charge is 2.17. The molecule has 0 spiro atoms. The van der Waals surface area contributed by atoms with Crippen LogP contribution in [0.4, 0.5) is 0 Å². The summed E-state index contributed by atoms with van der Waals surface area (Å²) in [7, 11) is 3.78. The smallest absolute Gasteiger partial charge is 0.173 e. The van der Waals surface area contributed by atoms with E-state index < -0.39 is 0 Å². The molecule has 0 aliphatic rings. The van der Waals surface area contributed by atoms with Crippen LogP contribution in [0.15, 0.2) is 30.5 Å². The summed E-state index contributed by atoms with van der Waals surface area (Å²) < 4.78 is 3.68. The molecule has 0 amide bonds. The van der Waals surface area contributed by atoms with E-state index in [9.17, 15) is 4.79 Å². The van der Waals surface area contributed by atoms with Crippen LogP contribution in [0, 0.1) is 0 Å². The van der Waals surface area contributed by atoms with Crippen LogP contribution in [-0.4, -0.2) is 25.1 Å². The molecule has 0 saturated carbocycles. The second-order valence-corrected chi connectivity index (χ2v) is 5.19. The van der Waals surface area contributed by atoms with E-state index in [1.165, 1.54) is 0 Å². The standard InChI is InChI=1S/C16H18N4O/c1-4-12-11(10-19(2)18-12)15(21)9-16-17-13-7-5-6-8-14(13)20(16)3/h5-8,10H,4,9H2,1-3H3. The van der Waals surface area contributed by atoms with Gasteiger partial charge in [0.15, 0.2) is 5.78 Å². The number of benzene rings is 1. The lowest BCUT2D eigenvalue weighted by molar-refractivity contribution is 0.0989. The third-order valence-electron chi connectivity index (χ3n) is 3.74. The lowest BCUT2D eigenvalue weighted by Crippen LogP contribution is -2.09. The predicted octanol–water partition coefficient (Wildman–Crippen LogP) is 2.29. The normalized spacial score (nSPS) is 11.2. The lowest BCUT2D eigenvalue weighted by Gasteiger charge is -2.02. The van der Waals surface area contributed by atoms with Gasteiger partial charge in [0.1, 0.15) is 5.82 Å². The number of rotatable bonds is 4. The molecule has 0 aliphatic heterocycles. The van der Waals surface area contributed by atoms with Crippen molar-refractivity contribution in [3.63, 3.8) is 0 Å². The van der Waals surface area contributed by atoms with Gasteiger partial charge in [-0.1, -0.05) is 19.1 Å². The summed E-state index contributed by atoms with van der Waals surface area (Å²) in [6.45, 7) is 2.01. The van der Waals surface area contributed by atoms with Crippen molar-refractivity contribution in [2.45, 2.75) is 19.8 Å². The van der Waals surface area contributed by atoms with Crippen molar-refractivity contribution in [1.29, 1.82) is 0 Å². The maximum absolute atomic E-state index is 12.5. The van der Waals surface area contributed by atoms with E-state index in [2.05, 4.69) is 10.1 Å². The van der Waals surface area contributed by atoms with Crippen LogP contribution < -0.4 is 0 Å². The van der Waals surface area contributed by atoms with Crippen molar-refractivity contribution < 1.29 is 4.79 Å². The Morgan fingerprint density at radius 3 is 2.71 bits per heavy atom. The average Bonchev–Trinajstić information content (AvgIpc) is 3.01. The second kappa shape index (κ2) is 5.16. The summed E-state index contributed by atoms with van der Waals surface area (Å²) in [5.74, 6) is 0.852. The fourth-order valence-corrected chi connectivity index (χ4v) is 2.62. The summed E-state index contributed by atoms with van der Waals surface area (Å²) in [6, 6.07) is 7.91. The number of carbonyl (C=O) groups is 1. The number of hydrogen-bond acceptors (Lipinski definition) is 3. The first kappa shape index (κ1) is 13.5. The zero-order valence-corrected chi connectivity index (χ0v) is 12.5. The molecule has 3 aromatic rings. The molecule has 0 radical (unpaired) electrons. The molecule has 0 unspecified atom stereocenters. The van der Waals surface area contributed by atoms with Crippen LogP contribution in [0.3, 0.4) is 0 Å². The third kappa shape index (κ3) is 2.35. The highest BCUT2D eigenvalue weighted by molar-refractivity contribution is 5.98. The van der Waals surface area contributed by atoms with Crippen LogP contribution in [0.1, 0.15) is 28.8 Å². The number of hydrogen-bond donors (Lipinski definition) is 0. The van der Waals surface area contributed by atoms with Gasteiger partial charge in [-0.2, -0.15) is 5.10 Å². The van der Waals surface area contributed by atoms with Gasteiger partial charge < -0.3 is 4.57 Å². The maximum Gasteiger partial charge on any atom is 0.173 e. The number of fused-ring (bicyclic) bond motifs is 1. The first-order valence-corrected chi connectivity index (χ1v) is 7.06. The molecule has 2 heterocycles. The maximum atomic E-state index is 12.5. The van der Waals surface area contributed by atoms with Crippen LogP contribution in [-0.2, 0) is 26.9 Å². The molecule has 0 N–H and O–H groups in total. The van der Waals surface area contributed by atoms with Gasteiger partial charge in [-0.3, -0.25) is 9.48 Å². The minimum absolute atomic E-state index is 0.0679. The summed E-state index contributed by atoms with van der Waals surface area (Å²) in [5, 5.41) is 4.33. The summed E-state index contributed by atoms with van der Waals surface area (Å²) >= 11 is 0. The van der Waals surface area contributed by atoms with Gasteiger partial charge in [-0.05, 0) is 18.6 Å². The second-order valence-electron chi connectivity index (χ2n) is 5.19. The number of nitrogens with zero attached hydrogens (tertiary/aromatic N) is 4.